The zero-order chi connectivity index (χ0) is 27.6. The van der Waals surface area contributed by atoms with Gasteiger partial charge in [0, 0.05) is 23.6 Å². The monoisotopic (exact) mass is 539 g/mol. The Morgan fingerprint density at radius 3 is 2.61 bits per heavy atom. The summed E-state index contributed by atoms with van der Waals surface area (Å²) < 4.78 is 82.3. The van der Waals surface area contributed by atoms with E-state index >= 15 is 0 Å². The fourth-order valence-electron chi connectivity index (χ4n) is 5.60. The second-order valence-electron chi connectivity index (χ2n) is 9.91. The number of aromatic nitrogens is 3. The highest BCUT2D eigenvalue weighted by atomic mass is 19.4. The predicted octanol–water partition coefficient (Wildman–Crippen LogP) is 4.34. The first-order valence-corrected chi connectivity index (χ1v) is 12.0. The molecule has 4 heterocycles. The number of H-pyrrole nitrogens is 1. The van der Waals surface area contributed by atoms with Gasteiger partial charge in [-0.3, -0.25) is 15.1 Å². The molecule has 2 unspecified atom stereocenters. The van der Waals surface area contributed by atoms with Crippen LogP contribution in [0.2, 0.25) is 0 Å². The maximum atomic E-state index is 14.6. The number of primary amides is 1. The van der Waals surface area contributed by atoms with Crippen molar-refractivity contribution in [3.8, 4) is 5.75 Å². The van der Waals surface area contributed by atoms with E-state index in [4.69, 9.17) is 15.2 Å². The molecule has 0 spiro atoms. The van der Waals surface area contributed by atoms with Crippen molar-refractivity contribution in [1.29, 1.82) is 0 Å². The number of hydrogen-bond acceptors (Lipinski definition) is 6. The van der Waals surface area contributed by atoms with Crippen molar-refractivity contribution >= 4 is 16.9 Å². The Bertz CT molecular complexity index is 1400. The highest BCUT2D eigenvalue weighted by Crippen LogP contribution is 2.59. The van der Waals surface area contributed by atoms with Gasteiger partial charge in [0.2, 0.25) is 11.7 Å². The summed E-state index contributed by atoms with van der Waals surface area (Å²) in [7, 11) is 1.12. The number of hydrogen-bond donors (Lipinski definition) is 3. The molecule has 8 nitrogen and oxygen atoms in total. The average Bonchev–Trinajstić information content (AvgIpc) is 3.57. The lowest BCUT2D eigenvalue weighted by Crippen LogP contribution is -2.46. The van der Waals surface area contributed by atoms with Crippen LogP contribution in [0.25, 0.3) is 11.0 Å². The summed E-state index contributed by atoms with van der Waals surface area (Å²) in [6, 6.07) is 2.79. The first-order valence-electron chi connectivity index (χ1n) is 12.0. The molecule has 4 N–H and O–H groups in total. The Kier molecular flexibility index (Phi) is 6.33. The van der Waals surface area contributed by atoms with Gasteiger partial charge in [-0.2, -0.15) is 17.6 Å². The van der Waals surface area contributed by atoms with Gasteiger partial charge in [0.15, 0.2) is 17.2 Å². The number of nitrogens with two attached hydrogens (primary N) is 1. The summed E-state index contributed by atoms with van der Waals surface area (Å²) in [4.78, 5) is 23.6. The van der Waals surface area contributed by atoms with Gasteiger partial charge in [-0.05, 0) is 31.9 Å². The fourth-order valence-corrected chi connectivity index (χ4v) is 5.60. The molecular formula is C25H26F5N5O3. The van der Waals surface area contributed by atoms with Gasteiger partial charge in [0.1, 0.15) is 17.4 Å². The van der Waals surface area contributed by atoms with Crippen LogP contribution in [0.4, 0.5) is 22.0 Å². The molecule has 0 saturated carbocycles. The molecule has 0 aliphatic carbocycles. The molecule has 5 rings (SSSR count). The van der Waals surface area contributed by atoms with E-state index in [1.807, 2.05) is 0 Å². The number of ether oxygens (including phenoxy) is 2. The van der Waals surface area contributed by atoms with Crippen LogP contribution in [0.15, 0.2) is 24.4 Å². The van der Waals surface area contributed by atoms with Crippen LogP contribution in [0, 0.1) is 17.6 Å². The molecule has 1 aromatic carbocycles. The number of pyridine rings is 1. The van der Waals surface area contributed by atoms with E-state index in [9.17, 15) is 26.7 Å². The molecule has 2 saturated heterocycles. The third-order valence-electron chi connectivity index (χ3n) is 7.85. The van der Waals surface area contributed by atoms with Crippen LogP contribution < -0.4 is 15.8 Å². The number of imidazole rings is 1. The van der Waals surface area contributed by atoms with Crippen molar-refractivity contribution in [1.82, 2.24) is 20.3 Å². The van der Waals surface area contributed by atoms with Gasteiger partial charge < -0.3 is 20.2 Å². The first kappa shape index (κ1) is 26.3. The van der Waals surface area contributed by atoms with Crippen LogP contribution in [0.3, 0.4) is 0 Å². The lowest BCUT2D eigenvalue weighted by molar-refractivity contribution is -0.275. The Morgan fingerprint density at radius 2 is 1.97 bits per heavy atom. The number of benzene rings is 1. The lowest BCUT2D eigenvalue weighted by Gasteiger charge is -2.32. The van der Waals surface area contributed by atoms with Gasteiger partial charge in [0.25, 0.3) is 0 Å². The molecule has 6 atom stereocenters. The fraction of sp³-hybridized carbons (Fsp3) is 0.480. The van der Waals surface area contributed by atoms with Crippen LogP contribution in [0.1, 0.15) is 61.8 Å². The second-order valence-corrected chi connectivity index (χ2v) is 9.91. The third kappa shape index (κ3) is 3.99. The van der Waals surface area contributed by atoms with E-state index < -0.39 is 59.1 Å². The van der Waals surface area contributed by atoms with Crippen molar-refractivity contribution in [2.45, 2.75) is 62.6 Å². The molecule has 38 heavy (non-hydrogen) atoms. The summed E-state index contributed by atoms with van der Waals surface area (Å²) in [5, 5.41) is 3.11. The standard InChI is InChI=1S/C25H26F5N5O3/c1-10-16(11-4-5-12(26)17(27)20(11)37-3)21(38-24(10,2)25(28,29)30)23-34-14-8-9-32-18(19(14)35-23)13-6-7-15(33-13)22(31)36/h4-5,8-10,13,15-16,21,33H,6-7H2,1-3H3,(H2,31,36)(H,34,35)/t10-,13?,15?,16-,21+,24+/m0/s1. The number of halogens is 5. The minimum absolute atomic E-state index is 0.0254. The van der Waals surface area contributed by atoms with E-state index in [0.29, 0.717) is 29.6 Å². The molecule has 13 heteroatoms. The number of aromatic amines is 1. The third-order valence-corrected chi connectivity index (χ3v) is 7.85. The molecule has 1 amide bonds. The molecular weight excluding hydrogens is 513 g/mol. The minimum atomic E-state index is -4.78. The van der Waals surface area contributed by atoms with Crippen LogP contribution in [-0.4, -0.2) is 45.8 Å². The molecule has 2 aliphatic rings. The van der Waals surface area contributed by atoms with E-state index in [2.05, 4.69) is 20.3 Å². The van der Waals surface area contributed by atoms with Gasteiger partial charge in [-0.25, -0.2) is 9.37 Å². The summed E-state index contributed by atoms with van der Waals surface area (Å²) >= 11 is 0. The van der Waals surface area contributed by atoms with Crippen molar-refractivity contribution < 1.29 is 36.2 Å². The van der Waals surface area contributed by atoms with Gasteiger partial charge >= 0.3 is 6.18 Å². The number of amides is 1. The molecule has 2 fully saturated rings. The number of nitrogens with one attached hydrogen (secondary N) is 2. The molecule has 204 valence electrons. The first-order chi connectivity index (χ1) is 17.9. The average molecular weight is 540 g/mol. The number of rotatable bonds is 5. The summed E-state index contributed by atoms with van der Waals surface area (Å²) in [6.45, 7) is 2.28. The van der Waals surface area contributed by atoms with E-state index in [0.717, 1.165) is 20.1 Å². The Labute approximate surface area is 214 Å². The Morgan fingerprint density at radius 1 is 1.24 bits per heavy atom. The van der Waals surface area contributed by atoms with E-state index in [-0.39, 0.29) is 17.4 Å². The lowest BCUT2D eigenvalue weighted by atomic mass is 9.77. The number of carbonyl (C=O) groups is 1. The highest BCUT2D eigenvalue weighted by molar-refractivity contribution is 5.81. The zero-order valence-corrected chi connectivity index (χ0v) is 20.7. The molecule has 0 radical (unpaired) electrons. The van der Waals surface area contributed by atoms with Crippen LogP contribution >= 0.6 is 0 Å². The molecule has 2 aliphatic heterocycles. The van der Waals surface area contributed by atoms with E-state index in [1.54, 1.807) is 6.07 Å². The summed E-state index contributed by atoms with van der Waals surface area (Å²) in [5.74, 6) is -5.75. The maximum Gasteiger partial charge on any atom is 0.417 e. The predicted molar refractivity (Wildman–Crippen MR) is 125 cm³/mol. The Hall–Kier alpha value is -3.32. The van der Waals surface area contributed by atoms with Gasteiger partial charge in [-0.1, -0.05) is 13.0 Å². The molecule has 3 aromatic rings. The topological polar surface area (TPSA) is 115 Å². The van der Waals surface area contributed by atoms with E-state index in [1.165, 1.54) is 19.2 Å². The number of methoxy groups -OCH3 is 1. The van der Waals surface area contributed by atoms with Crippen molar-refractivity contribution in [2.75, 3.05) is 7.11 Å². The second kappa shape index (κ2) is 9.16. The van der Waals surface area contributed by atoms with Gasteiger partial charge in [0.05, 0.1) is 30.4 Å². The summed E-state index contributed by atoms with van der Waals surface area (Å²) in [5.41, 5.74) is 4.19. The SMILES string of the molecule is COc1c([C@H]2[C@H](c3nc4c(C5CCC(C(N)=O)N5)nccc4[nH]3)O[C@@](C)(C(F)(F)F)[C@H]2C)ccc(F)c1F. The van der Waals surface area contributed by atoms with Gasteiger partial charge in [-0.15, -0.1) is 0 Å². The van der Waals surface area contributed by atoms with Crippen molar-refractivity contribution in [3.05, 3.63) is 53.1 Å². The largest absolute Gasteiger partial charge is 0.493 e. The minimum Gasteiger partial charge on any atom is -0.493 e. The van der Waals surface area contributed by atoms with Crippen LogP contribution in [0.5, 0.6) is 5.75 Å². The summed E-state index contributed by atoms with van der Waals surface area (Å²) in [6.07, 6.45) is -3.51. The zero-order valence-electron chi connectivity index (χ0n) is 20.7. The van der Waals surface area contributed by atoms with Crippen LogP contribution in [-0.2, 0) is 9.53 Å². The number of fused-ring (bicyclic) bond motifs is 1. The Balaban J connectivity index is 1.63. The number of alkyl halides is 3. The normalized spacial score (nSPS) is 29.7. The number of carbonyl (C=O) groups excluding carboxylic acids is 1. The quantitative estimate of drug-likeness (QED) is 0.416. The smallest absolute Gasteiger partial charge is 0.417 e. The molecule has 2 aromatic heterocycles. The van der Waals surface area contributed by atoms with Crippen molar-refractivity contribution in [3.63, 3.8) is 0 Å². The maximum absolute atomic E-state index is 14.6. The molecule has 0 bridgehead atoms. The number of nitrogens with zero attached hydrogens (tertiary/aromatic N) is 2. The highest BCUT2D eigenvalue weighted by Gasteiger charge is 2.65. The van der Waals surface area contributed by atoms with Crippen molar-refractivity contribution in [2.24, 2.45) is 11.7 Å².